The molecular weight excluding hydrogens is 460 g/mol. The summed E-state index contributed by atoms with van der Waals surface area (Å²) < 4.78 is 25.7. The van der Waals surface area contributed by atoms with Crippen molar-refractivity contribution in [2.45, 2.75) is 45.1 Å². The zero-order valence-corrected chi connectivity index (χ0v) is 19.9. The molecule has 0 saturated heterocycles. The summed E-state index contributed by atoms with van der Waals surface area (Å²) in [4.78, 5) is 36.2. The van der Waals surface area contributed by atoms with Gasteiger partial charge in [0, 0.05) is 18.2 Å². The lowest BCUT2D eigenvalue weighted by Gasteiger charge is -2.24. The molecule has 0 spiro atoms. The van der Waals surface area contributed by atoms with Crippen LogP contribution in [0.5, 0.6) is 0 Å². The SMILES string of the molecule is Cc1ccc([N+](=O)[O-])cc1N(CC(=O)Nc1ccccc1C(=O)NC1CCCCC1)S(C)(=O)=O. The molecule has 0 heterocycles. The van der Waals surface area contributed by atoms with Crippen molar-refractivity contribution in [1.82, 2.24) is 5.32 Å². The third-order valence-corrected chi connectivity index (χ3v) is 6.87. The number of hydrogen-bond acceptors (Lipinski definition) is 6. The highest BCUT2D eigenvalue weighted by atomic mass is 32.2. The van der Waals surface area contributed by atoms with Crippen LogP contribution < -0.4 is 14.9 Å². The smallest absolute Gasteiger partial charge is 0.271 e. The van der Waals surface area contributed by atoms with Gasteiger partial charge in [0.05, 0.1) is 28.1 Å². The first-order valence-corrected chi connectivity index (χ1v) is 12.8. The fraction of sp³-hybridized carbons (Fsp3) is 0.391. The number of aryl methyl sites for hydroxylation is 1. The molecule has 0 unspecified atom stereocenters. The van der Waals surface area contributed by atoms with Crippen LogP contribution >= 0.6 is 0 Å². The fourth-order valence-corrected chi connectivity index (χ4v) is 4.89. The van der Waals surface area contributed by atoms with Crippen molar-refractivity contribution in [1.29, 1.82) is 0 Å². The van der Waals surface area contributed by atoms with E-state index in [0.29, 0.717) is 5.56 Å². The Kier molecular flexibility index (Phi) is 7.87. The van der Waals surface area contributed by atoms with Crippen molar-refractivity contribution >= 4 is 38.9 Å². The molecule has 0 atom stereocenters. The number of nitrogens with zero attached hydrogens (tertiary/aromatic N) is 2. The highest BCUT2D eigenvalue weighted by molar-refractivity contribution is 7.92. The van der Waals surface area contributed by atoms with E-state index in [9.17, 15) is 28.1 Å². The molecule has 1 aliphatic rings. The molecule has 11 heteroatoms. The van der Waals surface area contributed by atoms with Crippen LogP contribution in [0.15, 0.2) is 42.5 Å². The Hall–Kier alpha value is -3.47. The van der Waals surface area contributed by atoms with Crippen LogP contribution in [0.25, 0.3) is 0 Å². The minimum atomic E-state index is -3.95. The van der Waals surface area contributed by atoms with Gasteiger partial charge in [0.25, 0.3) is 11.6 Å². The highest BCUT2D eigenvalue weighted by Gasteiger charge is 2.25. The Morgan fingerprint density at radius 1 is 1.12 bits per heavy atom. The van der Waals surface area contributed by atoms with E-state index in [1.807, 2.05) is 0 Å². The number of benzene rings is 2. The average Bonchev–Trinajstić information content (AvgIpc) is 2.78. The predicted octanol–water partition coefficient (Wildman–Crippen LogP) is 3.37. The second-order valence-electron chi connectivity index (χ2n) is 8.40. The van der Waals surface area contributed by atoms with Crippen molar-refractivity contribution in [3.63, 3.8) is 0 Å². The lowest BCUT2D eigenvalue weighted by atomic mass is 9.95. The quantitative estimate of drug-likeness (QED) is 0.431. The predicted molar refractivity (Wildman–Crippen MR) is 129 cm³/mol. The summed E-state index contributed by atoms with van der Waals surface area (Å²) in [5.41, 5.74) is 0.731. The average molecular weight is 489 g/mol. The lowest BCUT2D eigenvalue weighted by molar-refractivity contribution is -0.384. The summed E-state index contributed by atoms with van der Waals surface area (Å²) in [7, 11) is -3.95. The maximum atomic E-state index is 12.9. The molecule has 34 heavy (non-hydrogen) atoms. The second-order valence-corrected chi connectivity index (χ2v) is 10.3. The Labute approximate surface area is 198 Å². The van der Waals surface area contributed by atoms with Crippen molar-refractivity contribution in [2.75, 3.05) is 22.4 Å². The van der Waals surface area contributed by atoms with E-state index < -0.39 is 27.4 Å². The fourth-order valence-electron chi connectivity index (χ4n) is 3.98. The van der Waals surface area contributed by atoms with Crippen LogP contribution in [0.4, 0.5) is 17.1 Å². The third kappa shape index (κ3) is 6.31. The molecule has 1 aliphatic carbocycles. The van der Waals surface area contributed by atoms with Gasteiger partial charge in [-0.15, -0.1) is 0 Å². The number of carbonyl (C=O) groups excluding carboxylic acids is 2. The molecule has 0 radical (unpaired) electrons. The minimum Gasteiger partial charge on any atom is -0.349 e. The highest BCUT2D eigenvalue weighted by Crippen LogP contribution is 2.28. The van der Waals surface area contributed by atoms with Gasteiger partial charge in [-0.05, 0) is 37.5 Å². The normalized spacial score (nSPS) is 14.3. The van der Waals surface area contributed by atoms with Crippen LogP contribution in [0.1, 0.15) is 48.0 Å². The molecule has 1 saturated carbocycles. The van der Waals surface area contributed by atoms with Crippen LogP contribution in [-0.2, 0) is 14.8 Å². The topological polar surface area (TPSA) is 139 Å². The van der Waals surface area contributed by atoms with Crippen molar-refractivity contribution < 1.29 is 22.9 Å². The number of nitro benzene ring substituents is 1. The van der Waals surface area contributed by atoms with Gasteiger partial charge in [0.2, 0.25) is 15.9 Å². The number of non-ortho nitro benzene ring substituents is 1. The van der Waals surface area contributed by atoms with Crippen molar-refractivity contribution in [2.24, 2.45) is 0 Å². The maximum Gasteiger partial charge on any atom is 0.271 e. The van der Waals surface area contributed by atoms with Crippen LogP contribution in [-0.4, -0.2) is 44.0 Å². The third-order valence-electron chi connectivity index (χ3n) is 5.75. The molecule has 0 aliphatic heterocycles. The maximum absolute atomic E-state index is 12.9. The zero-order chi connectivity index (χ0) is 24.9. The van der Waals surface area contributed by atoms with Gasteiger partial charge in [-0.1, -0.05) is 37.5 Å². The summed E-state index contributed by atoms with van der Waals surface area (Å²) >= 11 is 0. The first-order chi connectivity index (χ1) is 16.1. The first kappa shape index (κ1) is 25.2. The largest absolute Gasteiger partial charge is 0.349 e. The van der Waals surface area contributed by atoms with E-state index in [1.54, 1.807) is 31.2 Å². The molecule has 2 N–H and O–H groups in total. The number of para-hydroxylation sites is 1. The molecule has 2 amide bonds. The number of sulfonamides is 1. The number of nitrogens with one attached hydrogen (secondary N) is 2. The summed E-state index contributed by atoms with van der Waals surface area (Å²) in [5, 5.41) is 16.8. The summed E-state index contributed by atoms with van der Waals surface area (Å²) in [6.07, 6.45) is 6.01. The zero-order valence-electron chi connectivity index (χ0n) is 19.1. The summed E-state index contributed by atoms with van der Waals surface area (Å²) in [5.74, 6) is -0.994. The summed E-state index contributed by atoms with van der Waals surface area (Å²) in [6, 6.07) is 10.4. The van der Waals surface area contributed by atoms with E-state index in [4.69, 9.17) is 0 Å². The molecule has 182 valence electrons. The van der Waals surface area contributed by atoms with E-state index >= 15 is 0 Å². The van der Waals surface area contributed by atoms with Crippen molar-refractivity contribution in [3.05, 3.63) is 63.7 Å². The number of amides is 2. The minimum absolute atomic E-state index is 0.0372. The summed E-state index contributed by atoms with van der Waals surface area (Å²) in [6.45, 7) is 0.986. The molecular formula is C23H28N4O6S. The number of rotatable bonds is 8. The van der Waals surface area contributed by atoms with Gasteiger partial charge in [-0.3, -0.25) is 24.0 Å². The van der Waals surface area contributed by atoms with E-state index in [-0.39, 0.29) is 34.6 Å². The number of anilines is 2. The molecule has 2 aromatic carbocycles. The van der Waals surface area contributed by atoms with Gasteiger partial charge < -0.3 is 10.6 Å². The van der Waals surface area contributed by atoms with Gasteiger partial charge in [0.1, 0.15) is 6.54 Å². The monoisotopic (exact) mass is 488 g/mol. The van der Waals surface area contributed by atoms with Crippen LogP contribution in [0.2, 0.25) is 0 Å². The molecule has 1 fully saturated rings. The first-order valence-electron chi connectivity index (χ1n) is 11.0. The molecule has 10 nitrogen and oxygen atoms in total. The Bertz CT molecular complexity index is 1190. The van der Waals surface area contributed by atoms with Gasteiger partial charge in [0.15, 0.2) is 0 Å². The standard InChI is InChI=1S/C23H28N4O6S/c1-16-12-13-18(27(30)31)14-21(16)26(34(2,32)33)15-22(28)25-20-11-7-6-10-19(20)23(29)24-17-8-4-3-5-9-17/h6-7,10-14,17H,3-5,8-9,15H2,1-2H3,(H,24,29)(H,25,28). The number of carbonyl (C=O) groups is 2. The van der Waals surface area contributed by atoms with E-state index in [2.05, 4.69) is 10.6 Å². The Balaban J connectivity index is 1.80. The molecule has 0 bridgehead atoms. The van der Waals surface area contributed by atoms with Crippen molar-refractivity contribution in [3.8, 4) is 0 Å². The Morgan fingerprint density at radius 3 is 2.44 bits per heavy atom. The van der Waals surface area contributed by atoms with E-state index in [0.717, 1.165) is 48.7 Å². The van der Waals surface area contributed by atoms with E-state index in [1.165, 1.54) is 12.1 Å². The lowest BCUT2D eigenvalue weighted by Crippen LogP contribution is -2.39. The number of nitro groups is 1. The number of hydrogen-bond donors (Lipinski definition) is 2. The molecule has 2 aromatic rings. The van der Waals surface area contributed by atoms with Crippen LogP contribution in [0, 0.1) is 17.0 Å². The van der Waals surface area contributed by atoms with Gasteiger partial charge in [-0.2, -0.15) is 0 Å². The van der Waals surface area contributed by atoms with Crippen LogP contribution in [0.3, 0.4) is 0 Å². The van der Waals surface area contributed by atoms with Gasteiger partial charge in [-0.25, -0.2) is 8.42 Å². The Morgan fingerprint density at radius 2 is 1.79 bits per heavy atom. The molecule has 3 rings (SSSR count). The molecule has 0 aromatic heterocycles. The second kappa shape index (κ2) is 10.6. The van der Waals surface area contributed by atoms with Gasteiger partial charge >= 0.3 is 0 Å².